The highest BCUT2D eigenvalue weighted by molar-refractivity contribution is 6.30. The van der Waals surface area contributed by atoms with Gasteiger partial charge in [0, 0.05) is 30.2 Å². The molecule has 1 N–H and O–H groups in total. The van der Waals surface area contributed by atoms with E-state index in [0.717, 1.165) is 11.6 Å². The number of nitrogens with one attached hydrogen (secondary N) is 1. The fourth-order valence-electron chi connectivity index (χ4n) is 2.76. The Morgan fingerprint density at radius 3 is 2.72 bits per heavy atom. The minimum atomic E-state index is 0.464. The van der Waals surface area contributed by atoms with Crippen LogP contribution in [-0.4, -0.2) is 30.6 Å². The van der Waals surface area contributed by atoms with E-state index in [1.54, 1.807) is 0 Å². The highest BCUT2D eigenvalue weighted by Gasteiger charge is 2.22. The summed E-state index contributed by atoms with van der Waals surface area (Å²) in [6, 6.07) is 9.41. The molecule has 18 heavy (non-hydrogen) atoms. The van der Waals surface area contributed by atoms with E-state index in [-0.39, 0.29) is 0 Å². The monoisotopic (exact) mass is 266 g/mol. The summed E-state index contributed by atoms with van der Waals surface area (Å²) in [7, 11) is 0. The van der Waals surface area contributed by atoms with Gasteiger partial charge in [-0.3, -0.25) is 4.90 Å². The lowest BCUT2D eigenvalue weighted by Crippen LogP contribution is -2.43. The molecule has 0 bridgehead atoms. The van der Waals surface area contributed by atoms with Crippen LogP contribution in [0.3, 0.4) is 0 Å². The van der Waals surface area contributed by atoms with Gasteiger partial charge in [0.2, 0.25) is 0 Å². The Morgan fingerprint density at radius 2 is 2.11 bits per heavy atom. The molecule has 1 atom stereocenters. The Kier molecular flexibility index (Phi) is 5.04. The van der Waals surface area contributed by atoms with E-state index >= 15 is 0 Å². The fraction of sp³-hybridized carbons (Fsp3) is 0.600. The SMILES string of the molecule is CCNC1CCN(C(C)c2cccc(Cl)c2)CC1. The van der Waals surface area contributed by atoms with E-state index in [2.05, 4.69) is 36.2 Å². The van der Waals surface area contributed by atoms with Gasteiger partial charge in [0.15, 0.2) is 0 Å². The molecule has 0 radical (unpaired) electrons. The van der Waals surface area contributed by atoms with Crippen LogP contribution in [0.4, 0.5) is 0 Å². The van der Waals surface area contributed by atoms with Crippen LogP contribution in [0.5, 0.6) is 0 Å². The molecule has 1 aromatic carbocycles. The van der Waals surface area contributed by atoms with E-state index in [9.17, 15) is 0 Å². The molecule has 0 aromatic heterocycles. The third-order valence-electron chi connectivity index (χ3n) is 3.90. The van der Waals surface area contributed by atoms with Crippen LogP contribution in [-0.2, 0) is 0 Å². The van der Waals surface area contributed by atoms with Crippen molar-refractivity contribution in [1.82, 2.24) is 10.2 Å². The topological polar surface area (TPSA) is 15.3 Å². The summed E-state index contributed by atoms with van der Waals surface area (Å²) in [4.78, 5) is 2.56. The lowest BCUT2D eigenvalue weighted by molar-refractivity contribution is 0.153. The molecule has 1 aliphatic rings. The molecule has 0 amide bonds. The van der Waals surface area contributed by atoms with Crippen molar-refractivity contribution < 1.29 is 0 Å². The first-order valence-corrected chi connectivity index (χ1v) is 7.31. The van der Waals surface area contributed by atoms with E-state index < -0.39 is 0 Å². The first-order chi connectivity index (χ1) is 8.70. The minimum absolute atomic E-state index is 0.464. The third kappa shape index (κ3) is 3.47. The molecule has 0 aliphatic carbocycles. The van der Waals surface area contributed by atoms with Crippen LogP contribution in [0.2, 0.25) is 5.02 Å². The van der Waals surface area contributed by atoms with Crippen molar-refractivity contribution in [2.45, 2.75) is 38.8 Å². The van der Waals surface area contributed by atoms with Crippen LogP contribution in [0, 0.1) is 0 Å². The lowest BCUT2D eigenvalue weighted by Gasteiger charge is -2.36. The maximum absolute atomic E-state index is 6.06. The van der Waals surface area contributed by atoms with Gasteiger partial charge in [-0.15, -0.1) is 0 Å². The molecule has 0 spiro atoms. The normalized spacial score (nSPS) is 19.9. The second-order valence-electron chi connectivity index (χ2n) is 5.10. The predicted molar refractivity (Wildman–Crippen MR) is 78.1 cm³/mol. The second kappa shape index (κ2) is 6.55. The van der Waals surface area contributed by atoms with Crippen molar-refractivity contribution in [2.75, 3.05) is 19.6 Å². The van der Waals surface area contributed by atoms with Crippen molar-refractivity contribution in [2.24, 2.45) is 0 Å². The van der Waals surface area contributed by atoms with Gasteiger partial charge < -0.3 is 5.32 Å². The van der Waals surface area contributed by atoms with Gasteiger partial charge in [0.25, 0.3) is 0 Å². The fourth-order valence-corrected chi connectivity index (χ4v) is 2.96. The number of halogens is 1. The molecule has 3 heteroatoms. The van der Waals surface area contributed by atoms with Gasteiger partial charge in [-0.2, -0.15) is 0 Å². The Morgan fingerprint density at radius 1 is 1.39 bits per heavy atom. The summed E-state index contributed by atoms with van der Waals surface area (Å²) in [6.07, 6.45) is 2.50. The van der Waals surface area contributed by atoms with Gasteiger partial charge in [-0.05, 0) is 44.0 Å². The zero-order valence-corrected chi connectivity index (χ0v) is 12.1. The van der Waals surface area contributed by atoms with Crippen molar-refractivity contribution >= 4 is 11.6 Å². The van der Waals surface area contributed by atoms with Gasteiger partial charge in [-0.25, -0.2) is 0 Å². The predicted octanol–water partition coefficient (Wildman–Crippen LogP) is 3.47. The summed E-state index contributed by atoms with van der Waals surface area (Å²) >= 11 is 6.06. The van der Waals surface area contributed by atoms with E-state index in [1.165, 1.54) is 31.5 Å². The summed E-state index contributed by atoms with van der Waals surface area (Å²) in [5.74, 6) is 0. The number of likely N-dealkylation sites (tertiary alicyclic amines) is 1. The van der Waals surface area contributed by atoms with Crippen molar-refractivity contribution in [3.8, 4) is 0 Å². The Hall–Kier alpha value is -0.570. The Labute approximate surface area is 115 Å². The Bertz CT molecular complexity index is 373. The zero-order valence-electron chi connectivity index (χ0n) is 11.3. The summed E-state index contributed by atoms with van der Waals surface area (Å²) in [5, 5.41) is 4.38. The largest absolute Gasteiger partial charge is 0.314 e. The minimum Gasteiger partial charge on any atom is -0.314 e. The van der Waals surface area contributed by atoms with Crippen LogP contribution < -0.4 is 5.32 Å². The first-order valence-electron chi connectivity index (χ1n) is 6.93. The van der Waals surface area contributed by atoms with Crippen molar-refractivity contribution in [3.63, 3.8) is 0 Å². The zero-order chi connectivity index (χ0) is 13.0. The molecule has 1 aromatic rings. The number of rotatable bonds is 4. The molecule has 1 heterocycles. The number of benzene rings is 1. The van der Waals surface area contributed by atoms with Gasteiger partial charge in [0.05, 0.1) is 0 Å². The van der Waals surface area contributed by atoms with Crippen LogP contribution in [0.1, 0.15) is 38.3 Å². The average molecular weight is 267 g/mol. The maximum Gasteiger partial charge on any atom is 0.0409 e. The molecular formula is C15H23ClN2. The average Bonchev–Trinajstić information content (AvgIpc) is 2.39. The summed E-state index contributed by atoms with van der Waals surface area (Å²) in [5.41, 5.74) is 1.32. The first kappa shape index (κ1) is 13.9. The molecule has 1 fully saturated rings. The molecule has 1 unspecified atom stereocenters. The number of piperidine rings is 1. The lowest BCUT2D eigenvalue weighted by atomic mass is 10.0. The number of hydrogen-bond donors (Lipinski definition) is 1. The van der Waals surface area contributed by atoms with E-state index in [1.807, 2.05) is 12.1 Å². The van der Waals surface area contributed by atoms with Crippen LogP contribution in [0.25, 0.3) is 0 Å². The number of nitrogens with zero attached hydrogens (tertiary/aromatic N) is 1. The molecule has 0 saturated carbocycles. The molecule has 100 valence electrons. The van der Waals surface area contributed by atoms with Crippen LogP contribution in [0.15, 0.2) is 24.3 Å². The Balaban J connectivity index is 1.93. The van der Waals surface area contributed by atoms with Crippen LogP contribution >= 0.6 is 11.6 Å². The summed E-state index contributed by atoms with van der Waals surface area (Å²) in [6.45, 7) is 7.88. The maximum atomic E-state index is 6.06. The molecule has 2 nitrogen and oxygen atoms in total. The van der Waals surface area contributed by atoms with Gasteiger partial charge in [-0.1, -0.05) is 30.7 Å². The second-order valence-corrected chi connectivity index (χ2v) is 5.54. The van der Waals surface area contributed by atoms with Crippen molar-refractivity contribution in [3.05, 3.63) is 34.9 Å². The van der Waals surface area contributed by atoms with Gasteiger partial charge >= 0.3 is 0 Å². The van der Waals surface area contributed by atoms with E-state index in [4.69, 9.17) is 11.6 Å². The highest BCUT2D eigenvalue weighted by atomic mass is 35.5. The quantitative estimate of drug-likeness (QED) is 0.898. The third-order valence-corrected chi connectivity index (χ3v) is 4.14. The molecule has 1 saturated heterocycles. The van der Waals surface area contributed by atoms with Gasteiger partial charge in [0.1, 0.15) is 0 Å². The highest BCUT2D eigenvalue weighted by Crippen LogP contribution is 2.25. The smallest absolute Gasteiger partial charge is 0.0409 e. The molecule has 2 rings (SSSR count). The van der Waals surface area contributed by atoms with Crippen molar-refractivity contribution in [1.29, 1.82) is 0 Å². The standard InChI is InChI=1S/C15H23ClN2/c1-3-17-15-7-9-18(10-8-15)12(2)13-5-4-6-14(16)11-13/h4-6,11-12,15,17H,3,7-10H2,1-2H3. The number of hydrogen-bond acceptors (Lipinski definition) is 2. The summed E-state index contributed by atoms with van der Waals surface area (Å²) < 4.78 is 0. The molecule has 1 aliphatic heterocycles. The van der Waals surface area contributed by atoms with E-state index in [0.29, 0.717) is 12.1 Å². The molecular weight excluding hydrogens is 244 g/mol.